The SMILES string of the molecule is C=C(C)O[C@@H](C(C(=O)NCC(=O)N(C)CC(=O)N(C)[C@@H](CC(C)C)C(=O)NC(C(=O)N(C)[C@H](C=O)CC(C)C)C(C)C)N(C)C(=O)CN(C)C(=O)[C@H](CC(C)C)N(C)C(=O)[C@H](CC(C)C)N(C)C(=O)[C@@H](C)NC(=O)[C@H](C)NC)[C@H](C)CC.CC.CCC.CO. The Bertz CT molecular complexity index is 2190. The van der Waals surface area contributed by atoms with Gasteiger partial charge in [-0.15, -0.1) is 0 Å². The van der Waals surface area contributed by atoms with Gasteiger partial charge in [-0.25, -0.2) is 0 Å². The summed E-state index contributed by atoms with van der Waals surface area (Å²) in [7, 11) is 12.7. The molecule has 0 aromatic carbocycles. The normalized spacial score (nSPS) is 14.3. The van der Waals surface area contributed by atoms with Crippen molar-refractivity contribution in [2.24, 2.45) is 35.5 Å². The first-order valence-electron chi connectivity index (χ1n) is 31.8. The molecule has 0 fully saturated rings. The first-order chi connectivity index (χ1) is 41.2. The highest BCUT2D eigenvalue weighted by Crippen LogP contribution is 2.24. The van der Waals surface area contributed by atoms with Gasteiger partial charge >= 0.3 is 0 Å². The molecule has 10 amide bonds. The van der Waals surface area contributed by atoms with Gasteiger partial charge in [0, 0.05) is 56.4 Å². The molecule has 0 aliphatic carbocycles. The minimum Gasteiger partial charge on any atom is -0.493 e. The van der Waals surface area contributed by atoms with Crippen LogP contribution in [0.15, 0.2) is 12.3 Å². The zero-order valence-electron chi connectivity index (χ0n) is 60.3. The summed E-state index contributed by atoms with van der Waals surface area (Å²) >= 11 is 0. The van der Waals surface area contributed by atoms with Gasteiger partial charge in [-0.3, -0.25) is 47.9 Å². The molecule has 0 aromatic rings. The lowest BCUT2D eigenvalue weighted by Crippen LogP contribution is -2.60. The summed E-state index contributed by atoms with van der Waals surface area (Å²) in [5.41, 5.74) is 0. The monoisotopic (exact) mass is 1270 g/mol. The second-order valence-electron chi connectivity index (χ2n) is 25.1. The highest BCUT2D eigenvalue weighted by atomic mass is 16.5. The van der Waals surface area contributed by atoms with Crippen LogP contribution >= 0.6 is 0 Å². The Balaban J connectivity index is -0.00000494. The maximum absolute atomic E-state index is 14.5. The van der Waals surface area contributed by atoms with E-state index in [0.29, 0.717) is 19.1 Å². The van der Waals surface area contributed by atoms with Gasteiger partial charge in [-0.1, -0.05) is 124 Å². The van der Waals surface area contributed by atoms with Crippen LogP contribution < -0.4 is 21.3 Å². The van der Waals surface area contributed by atoms with Crippen LogP contribution in [-0.4, -0.2) is 242 Å². The molecule has 0 heterocycles. The molecule has 0 spiro atoms. The minimum atomic E-state index is -1.38. The van der Waals surface area contributed by atoms with Gasteiger partial charge in [-0.05, 0) is 95.4 Å². The second-order valence-corrected chi connectivity index (χ2v) is 25.1. The van der Waals surface area contributed by atoms with Gasteiger partial charge in [0.05, 0.1) is 37.5 Å². The summed E-state index contributed by atoms with van der Waals surface area (Å²) in [5.74, 6) is -6.31. The van der Waals surface area contributed by atoms with Crippen molar-refractivity contribution in [3.8, 4) is 0 Å². The van der Waals surface area contributed by atoms with Crippen LogP contribution in [0.4, 0.5) is 0 Å². The van der Waals surface area contributed by atoms with Gasteiger partial charge in [0.1, 0.15) is 48.6 Å². The molecule has 0 saturated heterocycles. The lowest BCUT2D eigenvalue weighted by molar-refractivity contribution is -0.153. The molecule has 0 saturated carbocycles. The number of amides is 10. The predicted molar refractivity (Wildman–Crippen MR) is 352 cm³/mol. The fourth-order valence-electron chi connectivity index (χ4n) is 9.22. The highest BCUT2D eigenvalue weighted by Gasteiger charge is 2.42. The van der Waals surface area contributed by atoms with Crippen molar-refractivity contribution in [3.05, 3.63) is 12.3 Å². The topological polar surface area (TPSA) is 288 Å². The largest absolute Gasteiger partial charge is 0.493 e. The fraction of sp³-hybridized carbons (Fsp3) is 0.800. The average Bonchev–Trinajstić information content (AvgIpc) is 3.21. The molecule has 0 aliphatic rings. The summed E-state index contributed by atoms with van der Waals surface area (Å²) in [6, 6.07) is -7.73. The van der Waals surface area contributed by atoms with Gasteiger partial charge in [0.25, 0.3) is 0 Å². The summed E-state index contributed by atoms with van der Waals surface area (Å²) < 4.78 is 6.14. The van der Waals surface area contributed by atoms with Crippen LogP contribution in [-0.2, 0) is 57.5 Å². The number of ether oxygens (including phenoxy) is 1. The zero-order chi connectivity index (χ0) is 70.7. The maximum atomic E-state index is 14.5. The van der Waals surface area contributed by atoms with Gasteiger partial charge in [-0.2, -0.15) is 0 Å². The van der Waals surface area contributed by atoms with Crippen LogP contribution in [0.2, 0.25) is 0 Å². The van der Waals surface area contributed by atoms with E-state index in [9.17, 15) is 52.7 Å². The number of aliphatic hydroxyl groups is 1. The number of carbonyl (C=O) groups is 11. The lowest BCUT2D eigenvalue weighted by atomic mass is 9.93. The Kier molecular flexibility index (Phi) is 46.1. The van der Waals surface area contributed by atoms with Gasteiger partial charge in [0.15, 0.2) is 0 Å². The second kappa shape index (κ2) is 46.0. The summed E-state index contributed by atoms with van der Waals surface area (Å²) in [5, 5.41) is 18.0. The molecule has 0 rings (SSSR count). The van der Waals surface area contributed by atoms with E-state index in [4.69, 9.17) is 9.84 Å². The molecule has 0 bridgehead atoms. The van der Waals surface area contributed by atoms with Crippen LogP contribution in [0.25, 0.3) is 0 Å². The zero-order valence-corrected chi connectivity index (χ0v) is 60.3. The number of hydrogen-bond donors (Lipinski definition) is 5. The molecular weight excluding hydrogens is 1140 g/mol. The first kappa shape index (κ1) is 89.3. The number of rotatable bonds is 36. The van der Waals surface area contributed by atoms with E-state index in [2.05, 4.69) is 41.7 Å². The smallest absolute Gasteiger partial charge is 0.247 e. The Morgan fingerprint density at radius 2 is 0.944 bits per heavy atom. The van der Waals surface area contributed by atoms with E-state index in [1.54, 1.807) is 34.7 Å². The van der Waals surface area contributed by atoms with E-state index in [-0.39, 0.29) is 60.5 Å². The Hall–Kier alpha value is -6.17. The van der Waals surface area contributed by atoms with Gasteiger partial charge in [0.2, 0.25) is 59.1 Å². The lowest BCUT2D eigenvalue weighted by Gasteiger charge is -2.39. The van der Waals surface area contributed by atoms with Crippen molar-refractivity contribution in [2.45, 2.75) is 225 Å². The Morgan fingerprint density at radius 1 is 0.517 bits per heavy atom. The van der Waals surface area contributed by atoms with Crippen molar-refractivity contribution in [1.82, 2.24) is 55.6 Å². The van der Waals surface area contributed by atoms with Crippen molar-refractivity contribution >= 4 is 65.4 Å². The maximum Gasteiger partial charge on any atom is 0.247 e. The molecule has 10 atom stereocenters. The summed E-state index contributed by atoms with van der Waals surface area (Å²) in [4.78, 5) is 160. The van der Waals surface area contributed by atoms with Crippen molar-refractivity contribution < 1.29 is 62.6 Å². The third-order valence-corrected chi connectivity index (χ3v) is 14.8. The molecular formula is C65H125N11O13. The predicted octanol–water partition coefficient (Wildman–Crippen LogP) is 4.81. The Labute approximate surface area is 537 Å². The third-order valence-electron chi connectivity index (χ3n) is 14.8. The molecule has 0 radical (unpaired) electrons. The first-order valence-corrected chi connectivity index (χ1v) is 31.8. The van der Waals surface area contributed by atoms with E-state index in [1.165, 1.54) is 87.2 Å². The van der Waals surface area contributed by atoms with Crippen molar-refractivity contribution in [1.29, 1.82) is 0 Å². The Morgan fingerprint density at radius 3 is 1.36 bits per heavy atom. The van der Waals surface area contributed by atoms with Crippen molar-refractivity contribution in [2.75, 3.05) is 83.1 Å². The van der Waals surface area contributed by atoms with Crippen LogP contribution in [0.3, 0.4) is 0 Å². The molecule has 0 aromatic heterocycles. The number of allylic oxidation sites excluding steroid dienone is 1. The number of hydrogen-bond acceptors (Lipinski definition) is 14. The number of aliphatic hydroxyl groups excluding tert-OH is 1. The minimum absolute atomic E-state index is 0.0540. The number of carbonyl (C=O) groups excluding carboxylic acids is 11. The van der Waals surface area contributed by atoms with Crippen LogP contribution in [0.5, 0.6) is 0 Å². The van der Waals surface area contributed by atoms with Crippen LogP contribution in [0.1, 0.15) is 170 Å². The summed E-state index contributed by atoms with van der Waals surface area (Å²) in [6.07, 6.45) is 2.58. The molecule has 518 valence electrons. The number of likely N-dealkylation sites (N-methyl/N-ethyl adjacent to an activating group) is 8. The van der Waals surface area contributed by atoms with E-state index < -0.39 is 133 Å². The third kappa shape index (κ3) is 31.4. The van der Waals surface area contributed by atoms with E-state index >= 15 is 0 Å². The molecule has 5 N–H and O–H groups in total. The molecule has 24 heteroatoms. The fourth-order valence-corrected chi connectivity index (χ4v) is 9.22. The summed E-state index contributed by atoms with van der Waals surface area (Å²) in [6.45, 7) is 37.7. The highest BCUT2D eigenvalue weighted by molar-refractivity contribution is 5.97. The molecule has 89 heavy (non-hydrogen) atoms. The number of nitrogens with zero attached hydrogens (tertiary/aromatic N) is 7. The number of nitrogens with one attached hydrogen (secondary N) is 4. The molecule has 0 aliphatic heterocycles. The van der Waals surface area contributed by atoms with Gasteiger partial charge < -0.3 is 70.2 Å². The molecule has 24 nitrogen and oxygen atoms in total. The number of aldehydes is 1. The van der Waals surface area contributed by atoms with E-state index in [1.807, 2.05) is 83.1 Å². The average molecular weight is 1270 g/mol. The standard InChI is InChI=1S/C59H107N11O12.C3H8.C2H6.CH4O/c1-25-40(14)52(82-39(12)13)51(55(77)61-30-47(72)64(18)31-48(73)67(21)44(27-35(4)5)54(76)63-50(38(10)11)59(81)66(20)43(33-71)26-34(2)3)70(24)49(74)32-65(19)57(79)45(28-36(6)7)69(23)58(80)46(29-37(8)9)68(22)56(78)42(16)62-53(75)41(15)60-17;1-3-2;2*1-2/h33-38,40-46,50-52,60H,12,25-32H2,1-11,13-24H3,(H,61,77)(H,62,75)(H,63,76);3H2,1-2H3;1-2H3;2H,1H3/t40-,41+,42-,43+,44+,45+,46+,50?,51?,52-;;;/m1.../s1. The van der Waals surface area contributed by atoms with Crippen molar-refractivity contribution in [3.63, 3.8) is 0 Å². The van der Waals surface area contributed by atoms with E-state index in [0.717, 1.165) is 16.9 Å². The van der Waals surface area contributed by atoms with Crippen LogP contribution in [0, 0.1) is 35.5 Å². The quantitative estimate of drug-likeness (QED) is 0.0416. The molecule has 2 unspecified atom stereocenters.